The van der Waals surface area contributed by atoms with Gasteiger partial charge in [0.1, 0.15) is 11.5 Å². The summed E-state index contributed by atoms with van der Waals surface area (Å²) >= 11 is 0. The van der Waals surface area contributed by atoms with Crippen molar-refractivity contribution in [3.05, 3.63) is 71.3 Å². The normalized spacial score (nSPS) is 14.1. The number of aliphatic hydroxyl groups is 1. The van der Waals surface area contributed by atoms with Gasteiger partial charge in [-0.15, -0.1) is 0 Å². The number of ether oxygens (including phenoxy) is 4. The van der Waals surface area contributed by atoms with Crippen LogP contribution in [-0.4, -0.2) is 68.0 Å². The molecule has 2 atom stereocenters. The van der Waals surface area contributed by atoms with E-state index >= 15 is 0 Å². The van der Waals surface area contributed by atoms with Gasteiger partial charge >= 0.3 is 0 Å². The monoisotopic (exact) mass is 674 g/mol. The molecule has 2 aromatic rings. The van der Waals surface area contributed by atoms with Crippen LogP contribution in [0.5, 0.6) is 11.5 Å². The lowest BCUT2D eigenvalue weighted by Gasteiger charge is -2.40. The fourth-order valence-electron chi connectivity index (χ4n) is 4.48. The number of methoxy groups -OCH3 is 2. The zero-order valence-corrected chi connectivity index (χ0v) is 32.7. The first-order valence-electron chi connectivity index (χ1n) is 16.5. The second-order valence-corrected chi connectivity index (χ2v) is 24.7. The van der Waals surface area contributed by atoms with Gasteiger partial charge in [0.25, 0.3) is 0 Å². The molecule has 0 amide bonds. The van der Waals surface area contributed by atoms with Crippen molar-refractivity contribution in [2.45, 2.75) is 116 Å². The molecule has 0 heterocycles. The predicted octanol–water partition coefficient (Wildman–Crippen LogP) is 8.92. The van der Waals surface area contributed by atoms with Crippen molar-refractivity contribution >= 4 is 16.6 Å². The largest absolute Gasteiger partial charge is 0.497 e. The van der Waals surface area contributed by atoms with Crippen LogP contribution >= 0.6 is 0 Å². The number of hydrogen-bond donors (Lipinski definition) is 1. The lowest BCUT2D eigenvalue weighted by Crippen LogP contribution is -2.46. The van der Waals surface area contributed by atoms with Crippen LogP contribution in [0.15, 0.2) is 60.2 Å². The Balaban J connectivity index is 2.24. The molecular formula is C37H62O7Si2. The summed E-state index contributed by atoms with van der Waals surface area (Å²) in [6, 6.07) is 15.9. The Kier molecular flexibility index (Phi) is 15.7. The van der Waals surface area contributed by atoms with Gasteiger partial charge in [-0.2, -0.15) is 0 Å². The highest BCUT2D eigenvalue weighted by Gasteiger charge is 2.41. The maximum Gasteiger partial charge on any atom is 0.192 e. The molecular weight excluding hydrogens is 613 g/mol. The van der Waals surface area contributed by atoms with Gasteiger partial charge in [-0.25, -0.2) is 0 Å². The molecule has 9 heteroatoms. The Morgan fingerprint density at radius 2 is 1.00 bits per heavy atom. The fraction of sp³-hybridized carbons (Fsp3) is 0.622. The van der Waals surface area contributed by atoms with Crippen LogP contribution in [0.1, 0.15) is 65.5 Å². The summed E-state index contributed by atoms with van der Waals surface area (Å²) in [5.74, 6) is 1.65. The lowest BCUT2D eigenvalue weighted by atomic mass is 10.0. The van der Waals surface area contributed by atoms with E-state index in [0.717, 1.165) is 28.2 Å². The first kappa shape index (κ1) is 40.2. The van der Waals surface area contributed by atoms with Gasteiger partial charge in [0, 0.05) is 0 Å². The molecule has 0 spiro atoms. The first-order valence-corrected chi connectivity index (χ1v) is 22.3. The van der Waals surface area contributed by atoms with E-state index in [-0.39, 0.29) is 28.9 Å². The van der Waals surface area contributed by atoms with E-state index < -0.39 is 16.6 Å². The van der Waals surface area contributed by atoms with E-state index in [1.54, 1.807) is 14.2 Å². The molecule has 46 heavy (non-hydrogen) atoms. The highest BCUT2D eigenvalue weighted by molar-refractivity contribution is 6.74. The van der Waals surface area contributed by atoms with E-state index in [9.17, 15) is 5.11 Å². The molecule has 0 bridgehead atoms. The Labute approximate surface area is 281 Å². The topological polar surface area (TPSA) is 75.6 Å². The summed E-state index contributed by atoms with van der Waals surface area (Å²) in [4.78, 5) is 0. The van der Waals surface area contributed by atoms with E-state index in [1.165, 1.54) is 0 Å². The first-order chi connectivity index (χ1) is 21.4. The second kappa shape index (κ2) is 18.0. The van der Waals surface area contributed by atoms with Crippen LogP contribution in [0.3, 0.4) is 0 Å². The molecule has 0 saturated heterocycles. The maximum absolute atomic E-state index is 10.1. The van der Waals surface area contributed by atoms with Crippen molar-refractivity contribution in [1.29, 1.82) is 0 Å². The van der Waals surface area contributed by atoms with Crippen molar-refractivity contribution in [1.82, 2.24) is 0 Å². The molecule has 2 rings (SSSR count). The van der Waals surface area contributed by atoms with E-state index in [1.807, 2.05) is 54.6 Å². The predicted molar refractivity (Wildman–Crippen MR) is 194 cm³/mol. The molecule has 7 nitrogen and oxygen atoms in total. The molecule has 260 valence electrons. The van der Waals surface area contributed by atoms with Gasteiger partial charge in [-0.3, -0.25) is 0 Å². The molecule has 0 aliphatic rings. The van der Waals surface area contributed by atoms with Crippen LogP contribution < -0.4 is 9.47 Å². The van der Waals surface area contributed by atoms with Crippen LogP contribution in [0.25, 0.3) is 0 Å². The quantitative estimate of drug-likeness (QED) is 0.118. The van der Waals surface area contributed by atoms with Crippen molar-refractivity contribution < 1.29 is 32.9 Å². The Bertz CT molecular complexity index is 1090. The third kappa shape index (κ3) is 13.3. The summed E-state index contributed by atoms with van der Waals surface area (Å²) in [6.07, 6.45) is 2.88. The second-order valence-electron chi connectivity index (χ2n) is 15.2. The van der Waals surface area contributed by atoms with Crippen molar-refractivity contribution in [3.63, 3.8) is 0 Å². The summed E-state index contributed by atoms with van der Waals surface area (Å²) < 4.78 is 37.0. The number of hydrogen-bond acceptors (Lipinski definition) is 7. The van der Waals surface area contributed by atoms with Gasteiger partial charge < -0.3 is 32.9 Å². The van der Waals surface area contributed by atoms with Crippen LogP contribution in [-0.2, 0) is 31.5 Å². The molecule has 0 aliphatic carbocycles. The minimum absolute atomic E-state index is 0.0470. The fourth-order valence-corrected chi connectivity index (χ4v) is 7.16. The summed E-state index contributed by atoms with van der Waals surface area (Å²) in [7, 11) is -0.889. The zero-order valence-electron chi connectivity index (χ0n) is 30.7. The molecule has 2 aromatic carbocycles. The molecule has 0 saturated carbocycles. The van der Waals surface area contributed by atoms with Crippen LogP contribution in [0.2, 0.25) is 36.3 Å². The van der Waals surface area contributed by atoms with Gasteiger partial charge in [0.2, 0.25) is 0 Å². The van der Waals surface area contributed by atoms with E-state index in [0.29, 0.717) is 39.3 Å². The Hall–Kier alpha value is -1.99. The SMILES string of the molecule is COc1ccc(COC[C@@H](CC(=CCO)C[C@H](COCc2ccc(OC)cc2)O[Si](C)(C)C(C)(C)C)O[Si](C)(C)C(C)(C)C)cc1. The highest BCUT2D eigenvalue weighted by atomic mass is 28.4. The maximum atomic E-state index is 10.1. The van der Waals surface area contributed by atoms with Crippen LogP contribution in [0, 0.1) is 0 Å². The third-order valence-corrected chi connectivity index (χ3v) is 18.4. The van der Waals surface area contributed by atoms with E-state index in [4.69, 9.17) is 27.8 Å². The minimum atomic E-state index is -2.11. The van der Waals surface area contributed by atoms with Gasteiger partial charge in [-0.1, -0.05) is 77.5 Å². The Morgan fingerprint density at radius 3 is 1.28 bits per heavy atom. The molecule has 0 aliphatic heterocycles. The van der Waals surface area contributed by atoms with Crippen molar-refractivity contribution in [2.24, 2.45) is 0 Å². The zero-order chi connectivity index (χ0) is 34.6. The lowest BCUT2D eigenvalue weighted by molar-refractivity contribution is 0.0258. The molecule has 0 unspecified atom stereocenters. The number of benzene rings is 2. The van der Waals surface area contributed by atoms with Crippen molar-refractivity contribution in [2.75, 3.05) is 34.0 Å². The standard InChI is InChI=1S/C37H62O7Si2/c1-36(2,3)45(9,10)43-34(27-41-25-29-13-17-32(39-7)18-14-29)23-31(21-22-38)24-35(44-46(11,12)37(4,5)6)28-42-26-30-15-19-33(40-8)20-16-30/h13-21,34-35,38H,22-28H2,1-12H3/t34-,35-/m1/s1. The summed E-state index contributed by atoms with van der Waals surface area (Å²) in [5, 5.41) is 10.2. The minimum Gasteiger partial charge on any atom is -0.497 e. The van der Waals surface area contributed by atoms with Gasteiger partial charge in [-0.05, 0) is 84.5 Å². The third-order valence-electron chi connectivity index (χ3n) is 9.36. The van der Waals surface area contributed by atoms with E-state index in [2.05, 4.69) is 67.7 Å². The van der Waals surface area contributed by atoms with Gasteiger partial charge in [0.05, 0.1) is 59.5 Å². The Morgan fingerprint density at radius 1 is 0.652 bits per heavy atom. The highest BCUT2D eigenvalue weighted by Crippen LogP contribution is 2.40. The van der Waals surface area contributed by atoms with Gasteiger partial charge in [0.15, 0.2) is 16.6 Å². The summed E-state index contributed by atoms with van der Waals surface area (Å²) in [5.41, 5.74) is 3.25. The molecule has 0 fully saturated rings. The smallest absolute Gasteiger partial charge is 0.192 e. The number of rotatable bonds is 19. The average Bonchev–Trinajstić information content (AvgIpc) is 2.96. The number of aliphatic hydroxyl groups excluding tert-OH is 1. The molecule has 1 N–H and O–H groups in total. The average molecular weight is 675 g/mol. The molecule has 0 radical (unpaired) electrons. The van der Waals surface area contributed by atoms with Crippen molar-refractivity contribution in [3.8, 4) is 11.5 Å². The van der Waals surface area contributed by atoms with Crippen LogP contribution in [0.4, 0.5) is 0 Å². The summed E-state index contributed by atoms with van der Waals surface area (Å²) in [6.45, 7) is 24.4. The molecule has 0 aromatic heterocycles.